The average molecular weight is 374 g/mol. The lowest BCUT2D eigenvalue weighted by atomic mass is 10.2. The second-order valence-electron chi connectivity index (χ2n) is 5.59. The summed E-state index contributed by atoms with van der Waals surface area (Å²) in [6, 6.07) is 15.4. The molecule has 2 rings (SSSR count). The molecule has 130 valence electrons. The normalized spacial score (nSPS) is 12.2. The monoisotopic (exact) mass is 374 g/mol. The van der Waals surface area contributed by atoms with Crippen LogP contribution in [0.5, 0.6) is 0 Å². The van der Waals surface area contributed by atoms with Crippen molar-refractivity contribution < 1.29 is 13.2 Å². The molecule has 2 aromatic carbocycles. The SMILES string of the molecule is CC(C#N)CSc1ccccc1NC(=O)c1cccc(S(C)(=O)=O)c1. The van der Waals surface area contributed by atoms with Crippen LogP contribution >= 0.6 is 11.8 Å². The summed E-state index contributed by atoms with van der Waals surface area (Å²) in [7, 11) is -3.38. The van der Waals surface area contributed by atoms with Crippen LogP contribution in [0.2, 0.25) is 0 Å². The van der Waals surface area contributed by atoms with E-state index in [1.807, 2.05) is 19.1 Å². The van der Waals surface area contributed by atoms with Gasteiger partial charge in [-0.2, -0.15) is 5.26 Å². The highest BCUT2D eigenvalue weighted by atomic mass is 32.2. The number of thioether (sulfide) groups is 1. The summed E-state index contributed by atoms with van der Waals surface area (Å²) in [6.07, 6.45) is 1.10. The predicted octanol–water partition coefficient (Wildman–Crippen LogP) is 3.59. The van der Waals surface area contributed by atoms with E-state index in [4.69, 9.17) is 5.26 Å². The molecule has 1 N–H and O–H groups in total. The van der Waals surface area contributed by atoms with E-state index in [0.29, 0.717) is 11.4 Å². The molecule has 1 unspecified atom stereocenters. The lowest BCUT2D eigenvalue weighted by molar-refractivity contribution is 0.102. The summed E-state index contributed by atoms with van der Waals surface area (Å²) in [5, 5.41) is 11.7. The molecule has 0 radical (unpaired) electrons. The molecule has 2 aromatic rings. The van der Waals surface area contributed by atoms with Crippen LogP contribution < -0.4 is 5.32 Å². The van der Waals surface area contributed by atoms with Gasteiger partial charge < -0.3 is 5.32 Å². The molecule has 0 bridgehead atoms. The first-order chi connectivity index (χ1) is 11.8. The summed E-state index contributed by atoms with van der Waals surface area (Å²) < 4.78 is 23.3. The number of sulfone groups is 1. The van der Waals surface area contributed by atoms with Crippen molar-refractivity contribution >= 4 is 33.2 Å². The van der Waals surface area contributed by atoms with Crippen LogP contribution in [0, 0.1) is 17.2 Å². The van der Waals surface area contributed by atoms with Gasteiger partial charge in [-0.15, -0.1) is 11.8 Å². The first-order valence-electron chi connectivity index (χ1n) is 7.54. The molecule has 0 fully saturated rings. The third kappa shape index (κ3) is 5.34. The van der Waals surface area contributed by atoms with E-state index in [1.54, 1.807) is 24.3 Å². The van der Waals surface area contributed by atoms with Crippen molar-refractivity contribution in [1.29, 1.82) is 5.26 Å². The number of nitriles is 1. The van der Waals surface area contributed by atoms with Gasteiger partial charge in [0.2, 0.25) is 0 Å². The molecule has 1 amide bonds. The van der Waals surface area contributed by atoms with Crippen LogP contribution in [0.3, 0.4) is 0 Å². The highest BCUT2D eigenvalue weighted by Crippen LogP contribution is 2.29. The minimum atomic E-state index is -3.38. The van der Waals surface area contributed by atoms with E-state index in [-0.39, 0.29) is 22.3 Å². The van der Waals surface area contributed by atoms with Crippen LogP contribution in [0.15, 0.2) is 58.3 Å². The molecule has 1 atom stereocenters. The molecular formula is C18H18N2O3S2. The highest BCUT2D eigenvalue weighted by molar-refractivity contribution is 7.99. The highest BCUT2D eigenvalue weighted by Gasteiger charge is 2.13. The summed E-state index contributed by atoms with van der Waals surface area (Å²) >= 11 is 1.49. The summed E-state index contributed by atoms with van der Waals surface area (Å²) in [6.45, 7) is 1.84. The van der Waals surface area contributed by atoms with Crippen LogP contribution in [0.4, 0.5) is 5.69 Å². The number of para-hydroxylation sites is 1. The van der Waals surface area contributed by atoms with E-state index in [1.165, 1.54) is 23.9 Å². The fourth-order valence-corrected chi connectivity index (χ4v) is 3.63. The Labute approximate surface area is 152 Å². The Bertz CT molecular complexity index is 918. The van der Waals surface area contributed by atoms with Gasteiger partial charge in [0, 0.05) is 22.5 Å². The van der Waals surface area contributed by atoms with Gasteiger partial charge in [0.1, 0.15) is 0 Å². The first kappa shape index (κ1) is 19.0. The maximum atomic E-state index is 12.5. The van der Waals surface area contributed by atoms with E-state index in [9.17, 15) is 13.2 Å². The number of carbonyl (C=O) groups is 1. The predicted molar refractivity (Wildman–Crippen MR) is 99.4 cm³/mol. The zero-order valence-corrected chi connectivity index (χ0v) is 15.5. The van der Waals surface area contributed by atoms with Gasteiger partial charge >= 0.3 is 0 Å². The minimum absolute atomic E-state index is 0.0970. The number of nitrogens with one attached hydrogen (secondary N) is 1. The fraction of sp³-hybridized carbons (Fsp3) is 0.222. The van der Waals surface area contributed by atoms with Crippen LogP contribution in [0.25, 0.3) is 0 Å². The smallest absolute Gasteiger partial charge is 0.255 e. The lowest BCUT2D eigenvalue weighted by Gasteiger charge is -2.11. The quantitative estimate of drug-likeness (QED) is 0.781. The Balaban J connectivity index is 2.20. The molecule has 0 saturated heterocycles. The molecule has 5 nitrogen and oxygen atoms in total. The Morgan fingerprint density at radius 1 is 1.24 bits per heavy atom. The van der Waals surface area contributed by atoms with Crippen molar-refractivity contribution in [1.82, 2.24) is 0 Å². The van der Waals surface area contributed by atoms with Crippen LogP contribution in [0.1, 0.15) is 17.3 Å². The van der Waals surface area contributed by atoms with Crippen LogP contribution in [-0.4, -0.2) is 26.3 Å². The zero-order valence-electron chi connectivity index (χ0n) is 13.9. The Kier molecular flexibility index (Phi) is 6.23. The number of amides is 1. The van der Waals surface area contributed by atoms with E-state index in [2.05, 4.69) is 11.4 Å². The molecular weight excluding hydrogens is 356 g/mol. The van der Waals surface area contributed by atoms with Gasteiger partial charge in [0.25, 0.3) is 5.91 Å². The summed E-state index contributed by atoms with van der Waals surface area (Å²) in [4.78, 5) is 13.4. The number of benzene rings is 2. The average Bonchev–Trinajstić information content (AvgIpc) is 2.60. The molecule has 0 heterocycles. The third-order valence-electron chi connectivity index (χ3n) is 3.37. The number of hydrogen-bond acceptors (Lipinski definition) is 5. The minimum Gasteiger partial charge on any atom is -0.321 e. The second-order valence-corrected chi connectivity index (χ2v) is 8.67. The van der Waals surface area contributed by atoms with Crippen molar-refractivity contribution in [3.8, 4) is 6.07 Å². The second kappa shape index (κ2) is 8.19. The molecule has 0 aliphatic carbocycles. The Morgan fingerprint density at radius 3 is 2.64 bits per heavy atom. The Hall–Kier alpha value is -2.30. The summed E-state index contributed by atoms with van der Waals surface area (Å²) in [5.41, 5.74) is 0.903. The van der Waals surface area contributed by atoms with Gasteiger partial charge in [-0.3, -0.25) is 4.79 Å². The summed E-state index contributed by atoms with van der Waals surface area (Å²) in [5.74, 6) is 0.138. The topological polar surface area (TPSA) is 87.0 Å². The van der Waals surface area contributed by atoms with Gasteiger partial charge in [0.05, 0.1) is 22.6 Å². The molecule has 0 aliphatic heterocycles. The van der Waals surface area contributed by atoms with Crippen molar-refractivity contribution in [3.63, 3.8) is 0 Å². The van der Waals surface area contributed by atoms with Crippen molar-refractivity contribution in [2.75, 3.05) is 17.3 Å². The van der Waals surface area contributed by atoms with E-state index < -0.39 is 9.84 Å². The van der Waals surface area contributed by atoms with Gasteiger partial charge in [-0.05, 0) is 37.3 Å². The third-order valence-corrected chi connectivity index (χ3v) is 5.81. The van der Waals surface area contributed by atoms with Gasteiger partial charge in [0.15, 0.2) is 9.84 Å². The number of nitrogens with zero attached hydrogens (tertiary/aromatic N) is 1. The van der Waals surface area contributed by atoms with E-state index in [0.717, 1.165) is 11.2 Å². The van der Waals surface area contributed by atoms with Crippen molar-refractivity contribution in [2.45, 2.75) is 16.7 Å². The van der Waals surface area contributed by atoms with Crippen molar-refractivity contribution in [2.24, 2.45) is 5.92 Å². The maximum Gasteiger partial charge on any atom is 0.255 e. The van der Waals surface area contributed by atoms with Gasteiger partial charge in [-0.1, -0.05) is 18.2 Å². The Morgan fingerprint density at radius 2 is 1.96 bits per heavy atom. The molecule has 25 heavy (non-hydrogen) atoms. The molecule has 7 heteroatoms. The molecule has 0 spiro atoms. The number of anilines is 1. The number of hydrogen-bond donors (Lipinski definition) is 1. The standard InChI is InChI=1S/C18H18N2O3S2/c1-13(11-19)12-24-17-9-4-3-8-16(17)20-18(21)14-6-5-7-15(10-14)25(2,22)23/h3-10,13H,12H2,1-2H3,(H,20,21). The van der Waals surface area contributed by atoms with Gasteiger partial charge in [-0.25, -0.2) is 8.42 Å². The maximum absolute atomic E-state index is 12.5. The van der Waals surface area contributed by atoms with E-state index >= 15 is 0 Å². The molecule has 0 saturated carbocycles. The fourth-order valence-electron chi connectivity index (χ4n) is 2.01. The number of rotatable bonds is 6. The zero-order chi connectivity index (χ0) is 18.4. The van der Waals surface area contributed by atoms with Crippen LogP contribution in [-0.2, 0) is 9.84 Å². The molecule has 0 aromatic heterocycles. The first-order valence-corrected chi connectivity index (χ1v) is 10.4. The molecule has 0 aliphatic rings. The lowest BCUT2D eigenvalue weighted by Crippen LogP contribution is -2.13. The van der Waals surface area contributed by atoms with Crippen molar-refractivity contribution in [3.05, 3.63) is 54.1 Å². The number of carbonyl (C=O) groups excluding carboxylic acids is 1. The largest absolute Gasteiger partial charge is 0.321 e.